The van der Waals surface area contributed by atoms with Gasteiger partial charge in [-0.2, -0.15) is 0 Å². The zero-order chi connectivity index (χ0) is 51.8. The summed E-state index contributed by atoms with van der Waals surface area (Å²) in [4.78, 5) is 50.9. The molecule has 12 heteroatoms. The Labute approximate surface area is 428 Å². The second-order valence-electron chi connectivity index (χ2n) is 18.1. The molecule has 402 valence electrons. The fraction of sp³-hybridized carbons (Fsp3) is 0.661. The lowest BCUT2D eigenvalue weighted by atomic mass is 9.98. The van der Waals surface area contributed by atoms with Gasteiger partial charge < -0.3 is 39.0 Å². The fourth-order valence-electron chi connectivity index (χ4n) is 7.52. The van der Waals surface area contributed by atoms with Crippen molar-refractivity contribution >= 4 is 23.9 Å². The summed E-state index contributed by atoms with van der Waals surface area (Å²) in [5.74, 6) is -3.22. The van der Waals surface area contributed by atoms with Crippen LogP contribution in [-0.4, -0.2) is 89.2 Å². The van der Waals surface area contributed by atoms with E-state index in [2.05, 4.69) is 118 Å². The van der Waals surface area contributed by atoms with E-state index in [0.717, 1.165) is 109 Å². The van der Waals surface area contributed by atoms with Crippen LogP contribution in [0.2, 0.25) is 0 Å². The van der Waals surface area contributed by atoms with Gasteiger partial charge in [0.1, 0.15) is 18.8 Å². The lowest BCUT2D eigenvalue weighted by molar-refractivity contribution is -0.301. The molecular weight excluding hydrogens is 901 g/mol. The van der Waals surface area contributed by atoms with E-state index in [1.54, 1.807) is 0 Å². The maximum atomic E-state index is 13.0. The second-order valence-corrected chi connectivity index (χ2v) is 18.1. The van der Waals surface area contributed by atoms with Crippen LogP contribution in [0.25, 0.3) is 0 Å². The molecule has 1 rings (SSSR count). The number of aliphatic hydroxyl groups excluding tert-OH is 2. The molecule has 0 aromatic heterocycles. The monoisotopic (exact) mass is 995 g/mol. The zero-order valence-corrected chi connectivity index (χ0v) is 43.9. The Bertz CT molecular complexity index is 1610. The average molecular weight is 995 g/mol. The normalized spacial score (nSPS) is 19.3. The predicted molar refractivity (Wildman–Crippen MR) is 284 cm³/mol. The van der Waals surface area contributed by atoms with E-state index in [4.69, 9.17) is 23.7 Å². The van der Waals surface area contributed by atoms with Crippen molar-refractivity contribution in [3.05, 3.63) is 97.2 Å². The summed E-state index contributed by atoms with van der Waals surface area (Å²) in [6.07, 6.45) is 48.3. The third-order valence-electron chi connectivity index (χ3n) is 11.7. The molecule has 6 unspecified atom stereocenters. The molecule has 0 radical (unpaired) electrons. The Kier molecular flexibility index (Phi) is 42.5. The van der Waals surface area contributed by atoms with E-state index in [0.29, 0.717) is 19.3 Å². The largest absolute Gasteiger partial charge is 0.479 e. The van der Waals surface area contributed by atoms with E-state index in [-0.39, 0.29) is 25.9 Å². The number of unbranched alkanes of at least 4 members (excludes halogenated alkanes) is 14. The molecule has 71 heavy (non-hydrogen) atoms. The first-order chi connectivity index (χ1) is 34.6. The minimum atomic E-state index is -1.92. The van der Waals surface area contributed by atoms with Crippen LogP contribution in [0.3, 0.4) is 0 Å². The molecule has 0 spiro atoms. The maximum absolute atomic E-state index is 13.0. The summed E-state index contributed by atoms with van der Waals surface area (Å²) in [5, 5.41) is 31.4. The van der Waals surface area contributed by atoms with Crippen molar-refractivity contribution < 1.29 is 58.2 Å². The molecular formula is C59H94O12. The second kappa shape index (κ2) is 46.7. The Morgan fingerprint density at radius 3 is 1.38 bits per heavy atom. The third kappa shape index (κ3) is 37.1. The highest BCUT2D eigenvalue weighted by molar-refractivity contribution is 5.74. The number of aliphatic carboxylic acids is 1. The van der Waals surface area contributed by atoms with Crippen LogP contribution in [0.5, 0.6) is 0 Å². The maximum Gasteiger partial charge on any atom is 0.335 e. The minimum Gasteiger partial charge on any atom is -0.479 e. The highest BCUT2D eigenvalue weighted by atomic mass is 16.7. The summed E-state index contributed by atoms with van der Waals surface area (Å²) < 4.78 is 28.2. The molecule has 1 fully saturated rings. The number of hydrogen-bond donors (Lipinski definition) is 3. The lowest BCUT2D eigenvalue weighted by Gasteiger charge is -2.40. The van der Waals surface area contributed by atoms with E-state index < -0.39 is 67.3 Å². The minimum absolute atomic E-state index is 0.0247. The summed E-state index contributed by atoms with van der Waals surface area (Å²) in [7, 11) is 0. The molecule has 0 aromatic carbocycles. The van der Waals surface area contributed by atoms with Crippen molar-refractivity contribution in [1.29, 1.82) is 0 Å². The van der Waals surface area contributed by atoms with Crippen molar-refractivity contribution in [1.82, 2.24) is 0 Å². The van der Waals surface area contributed by atoms with Gasteiger partial charge in [0.05, 0.1) is 6.61 Å². The van der Waals surface area contributed by atoms with E-state index in [1.165, 1.54) is 32.1 Å². The first kappa shape index (κ1) is 64.7. The standard InChI is InChI=1S/C59H94O12/c1-4-7-10-13-16-19-21-23-25-26-28-30-32-35-38-41-44-47-53(62)70-57-55(64)54(63)56(58(65)66)71-59(57)68-49-50(69-52(61)46-43-40-37-33-18-15-12-9-6-3)48-67-51(60)45-42-39-36-34-31-29-27-24-22-20-17-14-11-8-5-2/h7-8,10-11,16-17,19-20,23-25,27-28,30-31,34,50,54-57,59,63-64H,4-6,9,12-15,18,21-22,26,29,32-33,35-49H2,1-3H3,(H,65,66)/b10-7-,11-8-,19-16-,20-17-,25-23-,27-24-,30-28-,34-31-. The van der Waals surface area contributed by atoms with E-state index in [9.17, 15) is 34.5 Å². The quantitative estimate of drug-likeness (QED) is 0.0228. The predicted octanol–water partition coefficient (Wildman–Crippen LogP) is 13.3. The number of carboxylic acids is 1. The van der Waals surface area contributed by atoms with Gasteiger partial charge in [0, 0.05) is 19.3 Å². The van der Waals surface area contributed by atoms with Crippen LogP contribution in [0.4, 0.5) is 0 Å². The van der Waals surface area contributed by atoms with Gasteiger partial charge in [-0.3, -0.25) is 14.4 Å². The zero-order valence-electron chi connectivity index (χ0n) is 43.9. The van der Waals surface area contributed by atoms with Crippen molar-refractivity contribution in [2.24, 2.45) is 0 Å². The fourth-order valence-corrected chi connectivity index (χ4v) is 7.52. The molecule has 3 N–H and O–H groups in total. The third-order valence-corrected chi connectivity index (χ3v) is 11.7. The molecule has 0 aliphatic carbocycles. The molecule has 1 heterocycles. The lowest BCUT2D eigenvalue weighted by Crippen LogP contribution is -2.61. The van der Waals surface area contributed by atoms with Crippen LogP contribution < -0.4 is 0 Å². The van der Waals surface area contributed by atoms with Crippen molar-refractivity contribution in [2.75, 3.05) is 13.2 Å². The van der Waals surface area contributed by atoms with Gasteiger partial charge in [0.25, 0.3) is 0 Å². The Morgan fingerprint density at radius 2 is 0.887 bits per heavy atom. The molecule has 1 aliphatic heterocycles. The van der Waals surface area contributed by atoms with E-state index in [1.807, 2.05) is 0 Å². The van der Waals surface area contributed by atoms with Crippen molar-refractivity contribution in [2.45, 2.75) is 237 Å². The van der Waals surface area contributed by atoms with Crippen LogP contribution in [0.1, 0.15) is 201 Å². The highest BCUT2D eigenvalue weighted by Crippen LogP contribution is 2.26. The van der Waals surface area contributed by atoms with Gasteiger partial charge in [-0.15, -0.1) is 0 Å². The Morgan fingerprint density at radius 1 is 0.479 bits per heavy atom. The number of aliphatic hydroxyl groups is 2. The Balaban J connectivity index is 2.73. The van der Waals surface area contributed by atoms with Gasteiger partial charge >= 0.3 is 23.9 Å². The summed E-state index contributed by atoms with van der Waals surface area (Å²) in [6, 6.07) is 0. The first-order valence-corrected chi connectivity index (χ1v) is 27.2. The number of carboxylic acid groups (broad SMARTS) is 1. The molecule has 0 aromatic rings. The van der Waals surface area contributed by atoms with Gasteiger partial charge in [-0.25, -0.2) is 4.79 Å². The van der Waals surface area contributed by atoms with Gasteiger partial charge in [0.15, 0.2) is 24.6 Å². The Hall–Kier alpha value is -4.36. The number of carbonyl (C=O) groups excluding carboxylic acids is 3. The molecule has 12 nitrogen and oxygen atoms in total. The molecule has 0 saturated carbocycles. The average Bonchev–Trinajstić information content (AvgIpc) is 3.35. The summed E-state index contributed by atoms with van der Waals surface area (Å²) in [6.45, 7) is 5.66. The van der Waals surface area contributed by atoms with Crippen molar-refractivity contribution in [3.8, 4) is 0 Å². The number of hydrogen-bond acceptors (Lipinski definition) is 11. The molecule has 0 amide bonds. The SMILES string of the molecule is CC/C=C\C/C=C\C/C=C\C/C=C\CCCCCCC(=O)OC1C(OCC(COC(=O)CCCC/C=C\C/C=C\C/C=C\C/C=C\CC)OC(=O)CCCCCCCCCCC)OC(C(=O)O)C(O)C1O. The van der Waals surface area contributed by atoms with Crippen LogP contribution in [-0.2, 0) is 42.9 Å². The van der Waals surface area contributed by atoms with Gasteiger partial charge in [-0.05, 0) is 96.3 Å². The van der Waals surface area contributed by atoms with Gasteiger partial charge in [0.2, 0.25) is 0 Å². The number of esters is 3. The molecule has 6 atom stereocenters. The number of ether oxygens (including phenoxy) is 5. The van der Waals surface area contributed by atoms with Crippen LogP contribution in [0.15, 0.2) is 97.2 Å². The summed E-state index contributed by atoms with van der Waals surface area (Å²) >= 11 is 0. The molecule has 0 bridgehead atoms. The van der Waals surface area contributed by atoms with E-state index >= 15 is 0 Å². The van der Waals surface area contributed by atoms with Crippen molar-refractivity contribution in [3.63, 3.8) is 0 Å². The van der Waals surface area contributed by atoms with Crippen LogP contribution >= 0.6 is 0 Å². The van der Waals surface area contributed by atoms with Gasteiger partial charge in [-0.1, -0.05) is 182 Å². The topological polar surface area (TPSA) is 175 Å². The van der Waals surface area contributed by atoms with Crippen LogP contribution in [0, 0.1) is 0 Å². The number of carbonyl (C=O) groups is 4. The first-order valence-electron chi connectivity index (χ1n) is 27.2. The smallest absolute Gasteiger partial charge is 0.335 e. The number of allylic oxidation sites excluding steroid dienone is 16. The molecule has 1 aliphatic rings. The molecule has 1 saturated heterocycles. The highest BCUT2D eigenvalue weighted by Gasteiger charge is 2.50. The summed E-state index contributed by atoms with van der Waals surface area (Å²) in [5.41, 5.74) is 0. The number of rotatable bonds is 44.